The van der Waals surface area contributed by atoms with Crippen LogP contribution in [0.3, 0.4) is 0 Å². The van der Waals surface area contributed by atoms with Crippen LogP contribution < -0.4 is 0 Å². The average Bonchev–Trinajstić information content (AvgIpc) is 3.53. The summed E-state index contributed by atoms with van der Waals surface area (Å²) in [5.74, 6) is -1.15. The van der Waals surface area contributed by atoms with Gasteiger partial charge in [-0.2, -0.15) is 0 Å². The second-order valence-electron chi connectivity index (χ2n) is 12.0. The molecule has 5 atom stereocenters. The summed E-state index contributed by atoms with van der Waals surface area (Å²) in [4.78, 5) is 27.4. The van der Waals surface area contributed by atoms with Crippen molar-refractivity contribution in [3.63, 3.8) is 0 Å². The lowest BCUT2D eigenvalue weighted by atomic mass is 9.78. The van der Waals surface area contributed by atoms with Gasteiger partial charge in [-0.1, -0.05) is 96.1 Å². The van der Waals surface area contributed by atoms with Crippen LogP contribution in [-0.4, -0.2) is 30.3 Å². The number of carbonyl (C=O) groups is 2. The molecular formula is C38H36O5. The number of aryl methyl sites for hydroxylation is 2. The van der Waals surface area contributed by atoms with Crippen molar-refractivity contribution >= 4 is 18.0 Å². The lowest BCUT2D eigenvalue weighted by Gasteiger charge is -2.38. The zero-order valence-electron chi connectivity index (χ0n) is 25.0. The molecule has 2 saturated carbocycles. The Morgan fingerprint density at radius 2 is 1.28 bits per heavy atom. The van der Waals surface area contributed by atoms with Crippen molar-refractivity contribution in [2.45, 2.75) is 44.3 Å². The van der Waals surface area contributed by atoms with Crippen molar-refractivity contribution in [2.24, 2.45) is 11.8 Å². The Bertz CT molecular complexity index is 1640. The van der Waals surface area contributed by atoms with Crippen LogP contribution in [0.15, 0.2) is 115 Å². The molecule has 0 N–H and O–H groups in total. The standard InChI is InChI=1S/C38H36O5/c1-25-15-19-29(20-16-25)35(39)42-32(23-27-11-7-5-8-12-27)33-31-24-37(3,41-4)34(28-13-9-6-10-14-28)38(31,33)43-36(40)30-21-17-26(2)18-22-30/h5-23,31,33-34H,24H2,1-4H3/b32-23-/t31-,33+,34+,37-,38+/m1/s1. The molecule has 6 rings (SSSR count). The van der Waals surface area contributed by atoms with Crippen LogP contribution in [0.1, 0.15) is 62.2 Å². The van der Waals surface area contributed by atoms with E-state index < -0.39 is 23.1 Å². The Labute approximate surface area is 253 Å². The number of benzene rings is 4. The summed E-state index contributed by atoms with van der Waals surface area (Å²) < 4.78 is 19.1. The van der Waals surface area contributed by atoms with Gasteiger partial charge in [0.1, 0.15) is 11.4 Å². The molecular weight excluding hydrogens is 536 g/mol. The smallest absolute Gasteiger partial charge is 0.343 e. The molecule has 0 aliphatic heterocycles. The Hall–Kier alpha value is -4.48. The van der Waals surface area contributed by atoms with E-state index >= 15 is 0 Å². The van der Waals surface area contributed by atoms with Crippen molar-refractivity contribution in [3.8, 4) is 0 Å². The van der Waals surface area contributed by atoms with Gasteiger partial charge >= 0.3 is 11.9 Å². The fourth-order valence-electron chi connectivity index (χ4n) is 6.90. The van der Waals surface area contributed by atoms with Crippen LogP contribution in [0.2, 0.25) is 0 Å². The van der Waals surface area contributed by atoms with E-state index in [1.807, 2.05) is 92.7 Å². The van der Waals surface area contributed by atoms with Crippen molar-refractivity contribution in [3.05, 3.63) is 148 Å². The second kappa shape index (κ2) is 11.3. The van der Waals surface area contributed by atoms with Crippen LogP contribution in [-0.2, 0) is 14.2 Å². The van der Waals surface area contributed by atoms with Gasteiger partial charge in [0.05, 0.1) is 28.6 Å². The first-order chi connectivity index (χ1) is 20.7. The molecule has 0 amide bonds. The molecule has 0 spiro atoms. The van der Waals surface area contributed by atoms with Crippen molar-refractivity contribution < 1.29 is 23.8 Å². The first kappa shape index (κ1) is 28.6. The highest BCUT2D eigenvalue weighted by molar-refractivity contribution is 5.91. The first-order valence-electron chi connectivity index (χ1n) is 14.7. The molecule has 5 heteroatoms. The third kappa shape index (κ3) is 5.30. The Morgan fingerprint density at radius 1 is 0.744 bits per heavy atom. The minimum Gasteiger partial charge on any atom is -0.454 e. The molecule has 0 saturated heterocycles. The Morgan fingerprint density at radius 3 is 1.84 bits per heavy atom. The van der Waals surface area contributed by atoms with Gasteiger partial charge in [-0.25, -0.2) is 9.59 Å². The zero-order chi connectivity index (χ0) is 30.2. The number of carbonyl (C=O) groups excluding carboxylic acids is 2. The number of ether oxygens (including phenoxy) is 3. The zero-order valence-corrected chi connectivity index (χ0v) is 25.0. The summed E-state index contributed by atoms with van der Waals surface area (Å²) >= 11 is 0. The van der Waals surface area contributed by atoms with E-state index in [0.717, 1.165) is 22.3 Å². The topological polar surface area (TPSA) is 61.8 Å². The van der Waals surface area contributed by atoms with E-state index in [9.17, 15) is 9.59 Å². The number of hydrogen-bond acceptors (Lipinski definition) is 5. The van der Waals surface area contributed by atoms with Crippen LogP contribution in [0.4, 0.5) is 0 Å². The number of methoxy groups -OCH3 is 1. The SMILES string of the molecule is CO[C@]1(C)C[C@@H]2[C@@H](/C(=C/c3ccccc3)OC(=O)c3ccc(C)cc3)[C@]2(OC(=O)c2ccc(C)cc2)[C@H]1c1ccccc1. The summed E-state index contributed by atoms with van der Waals surface area (Å²) in [6, 6.07) is 34.6. The quantitative estimate of drug-likeness (QED) is 0.158. The van der Waals surface area contributed by atoms with Crippen molar-refractivity contribution in [2.75, 3.05) is 7.11 Å². The maximum atomic E-state index is 13.8. The minimum absolute atomic E-state index is 0.127. The summed E-state index contributed by atoms with van der Waals surface area (Å²) in [5, 5.41) is 0. The molecule has 0 aromatic heterocycles. The van der Waals surface area contributed by atoms with Crippen LogP contribution >= 0.6 is 0 Å². The molecule has 0 radical (unpaired) electrons. The van der Waals surface area contributed by atoms with Gasteiger partial charge in [0.2, 0.25) is 0 Å². The van der Waals surface area contributed by atoms with Gasteiger partial charge in [0.25, 0.3) is 0 Å². The van der Waals surface area contributed by atoms with Crippen LogP contribution in [0.25, 0.3) is 6.08 Å². The second-order valence-corrected chi connectivity index (χ2v) is 12.0. The molecule has 218 valence electrons. The Kier molecular flexibility index (Phi) is 7.53. The summed E-state index contributed by atoms with van der Waals surface area (Å²) in [6.45, 7) is 6.04. The molecule has 43 heavy (non-hydrogen) atoms. The largest absolute Gasteiger partial charge is 0.454 e. The van der Waals surface area contributed by atoms with Crippen LogP contribution in [0, 0.1) is 25.7 Å². The number of esters is 2. The van der Waals surface area contributed by atoms with Gasteiger partial charge in [0, 0.05) is 13.0 Å². The number of hydrogen-bond donors (Lipinski definition) is 0. The fraction of sp³-hybridized carbons (Fsp3) is 0.263. The third-order valence-corrected chi connectivity index (χ3v) is 9.11. The number of fused-ring (bicyclic) bond motifs is 1. The maximum Gasteiger partial charge on any atom is 0.343 e. The first-order valence-corrected chi connectivity index (χ1v) is 14.7. The lowest BCUT2D eigenvalue weighted by molar-refractivity contribution is -0.0545. The highest BCUT2D eigenvalue weighted by atomic mass is 16.6. The van der Waals surface area contributed by atoms with E-state index in [1.54, 1.807) is 31.4 Å². The van der Waals surface area contributed by atoms with Crippen molar-refractivity contribution in [1.82, 2.24) is 0 Å². The van der Waals surface area contributed by atoms with E-state index in [-0.39, 0.29) is 17.8 Å². The molecule has 5 nitrogen and oxygen atoms in total. The van der Waals surface area contributed by atoms with Gasteiger partial charge in [0.15, 0.2) is 0 Å². The molecule has 2 fully saturated rings. The highest BCUT2D eigenvalue weighted by Gasteiger charge is 2.82. The minimum atomic E-state index is -0.984. The predicted octanol–water partition coefficient (Wildman–Crippen LogP) is 7.94. The molecule has 0 heterocycles. The van der Waals surface area contributed by atoms with E-state index in [4.69, 9.17) is 14.2 Å². The molecule has 2 aliphatic rings. The van der Waals surface area contributed by atoms with E-state index in [1.165, 1.54) is 0 Å². The monoisotopic (exact) mass is 572 g/mol. The number of rotatable bonds is 8. The Balaban J connectivity index is 1.46. The summed E-state index contributed by atoms with van der Waals surface area (Å²) in [7, 11) is 1.71. The summed E-state index contributed by atoms with van der Waals surface area (Å²) in [6.07, 6.45) is 2.53. The van der Waals surface area contributed by atoms with Crippen LogP contribution in [0.5, 0.6) is 0 Å². The average molecular weight is 573 g/mol. The molecule has 4 aromatic carbocycles. The van der Waals surface area contributed by atoms with Gasteiger partial charge < -0.3 is 14.2 Å². The molecule has 0 unspecified atom stereocenters. The van der Waals surface area contributed by atoms with Gasteiger partial charge in [-0.05, 0) is 68.7 Å². The molecule has 2 aliphatic carbocycles. The maximum absolute atomic E-state index is 13.8. The van der Waals surface area contributed by atoms with Gasteiger partial charge in [-0.15, -0.1) is 0 Å². The molecule has 0 bridgehead atoms. The highest BCUT2D eigenvalue weighted by Crippen LogP contribution is 2.75. The van der Waals surface area contributed by atoms with Gasteiger partial charge in [-0.3, -0.25) is 0 Å². The van der Waals surface area contributed by atoms with E-state index in [0.29, 0.717) is 23.3 Å². The fourth-order valence-corrected chi connectivity index (χ4v) is 6.90. The summed E-state index contributed by atoms with van der Waals surface area (Å²) in [5.41, 5.74) is 3.37. The van der Waals surface area contributed by atoms with Crippen molar-refractivity contribution in [1.29, 1.82) is 0 Å². The lowest BCUT2D eigenvalue weighted by Crippen LogP contribution is -2.42. The predicted molar refractivity (Wildman–Crippen MR) is 167 cm³/mol. The molecule has 4 aromatic rings. The normalized spacial score (nSPS) is 26.0. The van der Waals surface area contributed by atoms with E-state index in [2.05, 4.69) is 19.1 Å². The third-order valence-electron chi connectivity index (χ3n) is 9.11.